The first-order valence-electron chi connectivity index (χ1n) is 6.70. The molecule has 0 atom stereocenters. The average Bonchev–Trinajstić information content (AvgIpc) is 2.76. The van der Waals surface area contributed by atoms with Crippen molar-refractivity contribution < 1.29 is 9.53 Å². The topological polar surface area (TPSA) is 70.1 Å². The molecule has 0 saturated heterocycles. The van der Waals surface area contributed by atoms with Gasteiger partial charge in [-0.05, 0) is 12.1 Å². The van der Waals surface area contributed by atoms with Crippen LogP contribution in [0.4, 0.5) is 0 Å². The highest BCUT2D eigenvalue weighted by molar-refractivity contribution is 6.76. The quantitative estimate of drug-likeness (QED) is 0.656. The Morgan fingerprint density at radius 3 is 2.80 bits per heavy atom. The maximum Gasteiger partial charge on any atom is 0.250 e. The molecule has 2 N–H and O–H groups in total. The average molecular weight is 291 g/mol. The zero-order valence-corrected chi connectivity index (χ0v) is 13.2. The van der Waals surface area contributed by atoms with E-state index in [0.717, 1.165) is 23.6 Å². The van der Waals surface area contributed by atoms with Gasteiger partial charge in [0.2, 0.25) is 0 Å². The first-order valence-corrected chi connectivity index (χ1v) is 10.4. The number of amides is 1. The Bertz CT molecular complexity index is 616. The van der Waals surface area contributed by atoms with Crippen LogP contribution in [0.1, 0.15) is 10.4 Å². The molecule has 0 saturated carbocycles. The van der Waals surface area contributed by atoms with Crippen molar-refractivity contribution in [3.63, 3.8) is 0 Å². The summed E-state index contributed by atoms with van der Waals surface area (Å²) >= 11 is 0. The summed E-state index contributed by atoms with van der Waals surface area (Å²) < 4.78 is 7.37. The van der Waals surface area contributed by atoms with E-state index in [1.54, 1.807) is 23.0 Å². The van der Waals surface area contributed by atoms with E-state index in [1.165, 1.54) is 0 Å². The Labute approximate surface area is 119 Å². The number of rotatable bonds is 6. The number of nitrogens with two attached hydrogens (primary N) is 1. The molecule has 20 heavy (non-hydrogen) atoms. The number of primary amides is 1. The molecule has 1 heterocycles. The molecule has 108 valence electrons. The molecule has 0 bridgehead atoms. The lowest BCUT2D eigenvalue weighted by Crippen LogP contribution is -2.22. The second-order valence-corrected chi connectivity index (χ2v) is 11.7. The van der Waals surface area contributed by atoms with E-state index in [1.807, 2.05) is 6.07 Å². The SMILES string of the molecule is C[Si](C)(C)CCOCn1ncc2cccc(C(N)=O)c21. The lowest BCUT2D eigenvalue weighted by Gasteiger charge is -2.15. The Balaban J connectivity index is 2.13. The third kappa shape index (κ3) is 3.46. The molecule has 0 aliphatic heterocycles. The zero-order valence-electron chi connectivity index (χ0n) is 12.2. The lowest BCUT2D eigenvalue weighted by atomic mass is 10.1. The Hall–Kier alpha value is -1.66. The van der Waals surface area contributed by atoms with Gasteiger partial charge < -0.3 is 10.5 Å². The van der Waals surface area contributed by atoms with Crippen LogP contribution in [0.2, 0.25) is 25.7 Å². The minimum Gasteiger partial charge on any atom is -0.366 e. The second kappa shape index (κ2) is 5.76. The number of aromatic nitrogens is 2. The summed E-state index contributed by atoms with van der Waals surface area (Å²) in [5.41, 5.74) is 6.63. The first kappa shape index (κ1) is 14.7. The van der Waals surface area contributed by atoms with Crippen molar-refractivity contribution in [2.45, 2.75) is 32.4 Å². The van der Waals surface area contributed by atoms with Crippen LogP contribution in [0.15, 0.2) is 24.4 Å². The largest absolute Gasteiger partial charge is 0.366 e. The van der Waals surface area contributed by atoms with Crippen molar-refractivity contribution >= 4 is 24.9 Å². The van der Waals surface area contributed by atoms with Crippen LogP contribution in [-0.4, -0.2) is 30.4 Å². The minimum absolute atomic E-state index is 0.346. The van der Waals surface area contributed by atoms with Gasteiger partial charge in [-0.2, -0.15) is 5.10 Å². The van der Waals surface area contributed by atoms with Gasteiger partial charge in [-0.1, -0.05) is 31.8 Å². The molecule has 0 unspecified atom stereocenters. The summed E-state index contributed by atoms with van der Waals surface area (Å²) in [5.74, 6) is -0.445. The summed E-state index contributed by atoms with van der Waals surface area (Å²) in [6.07, 6.45) is 1.73. The summed E-state index contributed by atoms with van der Waals surface area (Å²) in [5, 5.41) is 5.17. The Kier molecular flexibility index (Phi) is 4.25. The smallest absolute Gasteiger partial charge is 0.250 e. The molecule has 0 aliphatic rings. The van der Waals surface area contributed by atoms with E-state index in [4.69, 9.17) is 10.5 Å². The third-order valence-corrected chi connectivity index (χ3v) is 4.84. The predicted molar refractivity (Wildman–Crippen MR) is 82.4 cm³/mol. The van der Waals surface area contributed by atoms with Crippen molar-refractivity contribution in [3.8, 4) is 0 Å². The summed E-state index contributed by atoms with van der Waals surface area (Å²) in [4.78, 5) is 11.5. The fraction of sp³-hybridized carbons (Fsp3) is 0.429. The van der Waals surface area contributed by atoms with Crippen LogP contribution in [0.25, 0.3) is 10.9 Å². The van der Waals surface area contributed by atoms with E-state index in [2.05, 4.69) is 24.7 Å². The van der Waals surface area contributed by atoms with Crippen LogP contribution in [-0.2, 0) is 11.5 Å². The third-order valence-electron chi connectivity index (χ3n) is 3.14. The molecule has 0 fully saturated rings. The summed E-state index contributed by atoms with van der Waals surface area (Å²) in [6.45, 7) is 7.99. The predicted octanol–water partition coefficient (Wildman–Crippen LogP) is 2.45. The Morgan fingerprint density at radius 1 is 1.40 bits per heavy atom. The molecule has 0 aliphatic carbocycles. The monoisotopic (exact) mass is 291 g/mol. The summed E-state index contributed by atoms with van der Waals surface area (Å²) in [7, 11) is -1.09. The number of carbonyl (C=O) groups is 1. The fourth-order valence-corrected chi connectivity index (χ4v) is 2.73. The van der Waals surface area contributed by atoms with Crippen molar-refractivity contribution in [2.24, 2.45) is 5.73 Å². The Morgan fingerprint density at radius 2 is 2.15 bits per heavy atom. The number of para-hydroxylation sites is 1. The van der Waals surface area contributed by atoms with Crippen LogP contribution in [0, 0.1) is 0 Å². The standard InChI is InChI=1S/C14H21N3O2Si/c1-20(2,3)8-7-19-10-17-13-11(9-16-17)5-4-6-12(13)14(15)18/h4-6,9H,7-8,10H2,1-3H3,(H2,15,18). The molecule has 2 rings (SSSR count). The van der Waals surface area contributed by atoms with E-state index < -0.39 is 14.0 Å². The molecular formula is C14H21N3O2Si. The molecule has 2 aromatic rings. The van der Waals surface area contributed by atoms with Crippen molar-refractivity contribution in [2.75, 3.05) is 6.61 Å². The van der Waals surface area contributed by atoms with Crippen molar-refractivity contribution in [3.05, 3.63) is 30.0 Å². The number of fused-ring (bicyclic) bond motifs is 1. The van der Waals surface area contributed by atoms with E-state index in [0.29, 0.717) is 12.3 Å². The van der Waals surface area contributed by atoms with Crippen LogP contribution >= 0.6 is 0 Å². The molecular weight excluding hydrogens is 270 g/mol. The number of carbonyl (C=O) groups excluding carboxylic acids is 1. The van der Waals surface area contributed by atoms with Gasteiger partial charge in [-0.25, -0.2) is 4.68 Å². The highest BCUT2D eigenvalue weighted by Crippen LogP contribution is 2.18. The van der Waals surface area contributed by atoms with Crippen molar-refractivity contribution in [1.82, 2.24) is 9.78 Å². The lowest BCUT2D eigenvalue weighted by molar-refractivity contribution is 0.0814. The highest BCUT2D eigenvalue weighted by atomic mass is 28.3. The van der Waals surface area contributed by atoms with Gasteiger partial charge >= 0.3 is 0 Å². The van der Waals surface area contributed by atoms with Gasteiger partial charge in [0, 0.05) is 20.1 Å². The van der Waals surface area contributed by atoms with Crippen LogP contribution < -0.4 is 5.73 Å². The van der Waals surface area contributed by atoms with Gasteiger partial charge in [0.25, 0.3) is 5.91 Å². The highest BCUT2D eigenvalue weighted by Gasteiger charge is 2.14. The van der Waals surface area contributed by atoms with Crippen molar-refractivity contribution in [1.29, 1.82) is 0 Å². The molecule has 0 radical (unpaired) electrons. The van der Waals surface area contributed by atoms with Gasteiger partial charge in [0.1, 0.15) is 6.73 Å². The number of benzene rings is 1. The molecule has 5 nitrogen and oxygen atoms in total. The number of hydrogen-bond acceptors (Lipinski definition) is 3. The van der Waals surface area contributed by atoms with E-state index >= 15 is 0 Å². The molecule has 1 aromatic heterocycles. The van der Waals surface area contributed by atoms with Gasteiger partial charge in [0.05, 0.1) is 17.3 Å². The van der Waals surface area contributed by atoms with E-state index in [9.17, 15) is 4.79 Å². The van der Waals surface area contributed by atoms with Crippen LogP contribution in [0.5, 0.6) is 0 Å². The second-order valence-electron chi connectivity index (χ2n) is 6.10. The minimum atomic E-state index is -1.09. The zero-order chi connectivity index (χ0) is 14.8. The number of hydrogen-bond donors (Lipinski definition) is 1. The van der Waals surface area contributed by atoms with Crippen LogP contribution in [0.3, 0.4) is 0 Å². The molecule has 1 aromatic carbocycles. The number of nitrogens with zero attached hydrogens (tertiary/aromatic N) is 2. The number of ether oxygens (including phenoxy) is 1. The maximum atomic E-state index is 11.5. The fourth-order valence-electron chi connectivity index (χ4n) is 1.97. The summed E-state index contributed by atoms with van der Waals surface area (Å²) in [6, 6.07) is 6.54. The van der Waals surface area contributed by atoms with Gasteiger partial charge in [-0.15, -0.1) is 0 Å². The van der Waals surface area contributed by atoms with Gasteiger partial charge in [0.15, 0.2) is 0 Å². The molecule has 0 spiro atoms. The van der Waals surface area contributed by atoms with Gasteiger partial charge in [-0.3, -0.25) is 4.79 Å². The molecule has 1 amide bonds. The molecule has 6 heteroatoms. The van der Waals surface area contributed by atoms with E-state index in [-0.39, 0.29) is 0 Å². The first-order chi connectivity index (χ1) is 9.38. The normalized spacial score (nSPS) is 11.9. The maximum absolute atomic E-state index is 11.5.